The number of nitrogens with zero attached hydrogens (tertiary/aromatic N) is 15. The van der Waals surface area contributed by atoms with Gasteiger partial charge in [0.1, 0.15) is 34.5 Å². The van der Waals surface area contributed by atoms with Crippen LogP contribution < -0.4 is 16.0 Å². The summed E-state index contributed by atoms with van der Waals surface area (Å²) in [6.45, 7) is 30.4. The number of nitrogens with one attached hydrogen (secondary N) is 3. The number of halogens is 5. The number of benzene rings is 3. The molecule has 0 saturated carbocycles. The van der Waals surface area contributed by atoms with Gasteiger partial charge < -0.3 is 60.7 Å². The largest absolute Gasteiger partial charge is 0.393 e. The van der Waals surface area contributed by atoms with Crippen LogP contribution in [0.5, 0.6) is 0 Å². The fourth-order valence-corrected chi connectivity index (χ4v) is 13.1. The van der Waals surface area contributed by atoms with Crippen molar-refractivity contribution >= 4 is 69.9 Å². The van der Waals surface area contributed by atoms with E-state index >= 15 is 0 Å². The summed E-state index contributed by atoms with van der Waals surface area (Å²) >= 11 is 0. The lowest BCUT2D eigenvalue weighted by Gasteiger charge is -2.28. The van der Waals surface area contributed by atoms with Crippen molar-refractivity contribution in [2.75, 3.05) is 76.4 Å². The molecule has 0 unspecified atom stereocenters. The van der Waals surface area contributed by atoms with Gasteiger partial charge in [-0.2, -0.15) is 15.3 Å². The number of urea groups is 3. The molecule has 3 aromatic carbocycles. The Morgan fingerprint density at radius 2 is 0.827 bits per heavy atom. The van der Waals surface area contributed by atoms with Gasteiger partial charge in [0.2, 0.25) is 5.69 Å². The van der Waals surface area contributed by atoms with E-state index in [1.165, 1.54) is 21.9 Å². The van der Waals surface area contributed by atoms with Crippen LogP contribution in [-0.4, -0.2) is 189 Å². The predicted molar refractivity (Wildman–Crippen MR) is 344 cm³/mol. The monoisotopic (exact) mass is 1360 g/mol. The SMILES string of the molecule is [C-]#[N+]c1c(F)ccc(NC(=O)N2CCc3nn4c(c3C2)C(=O)N(C)C[C@@H]([C@@H](O)CC)C4)c1F.[C-]#[N+]c1c(F)ccc(NC(=O)N2CCc3nn4c(c3C2)C(=O)N(C)C[C@H]([C@H](O)CC)C4)c1F.[C-]#[N+]c1cc(NC(=O)N2CCc3nn4c(c3C2)C(=O)N(C)C[C@@H]([C@H](O)CC)C4)ccc1F. The summed E-state index contributed by atoms with van der Waals surface area (Å²) < 4.78 is 74.4. The third-order valence-electron chi connectivity index (χ3n) is 18.6. The molecule has 98 heavy (non-hydrogen) atoms. The number of aromatic nitrogens is 6. The van der Waals surface area contributed by atoms with Crippen LogP contribution >= 0.6 is 0 Å². The molecule has 516 valence electrons. The number of carbonyl (C=O) groups excluding carboxylic acids is 6. The zero-order valence-corrected chi connectivity index (χ0v) is 54.6. The van der Waals surface area contributed by atoms with Gasteiger partial charge in [-0.05, 0) is 61.7 Å². The van der Waals surface area contributed by atoms with Crippen LogP contribution in [0.2, 0.25) is 0 Å². The van der Waals surface area contributed by atoms with E-state index in [4.69, 9.17) is 19.7 Å². The number of anilines is 3. The first kappa shape index (κ1) is 70.3. The van der Waals surface area contributed by atoms with Crippen molar-refractivity contribution < 1.29 is 66.0 Å². The fourth-order valence-electron chi connectivity index (χ4n) is 13.1. The molecule has 6 aliphatic rings. The second-order valence-electron chi connectivity index (χ2n) is 25.0. The first-order valence-electron chi connectivity index (χ1n) is 31.9. The molecule has 6 aliphatic heterocycles. The molecule has 12 rings (SSSR count). The Bertz CT molecular complexity index is 4090. The van der Waals surface area contributed by atoms with E-state index in [1.54, 1.807) is 54.8 Å². The minimum Gasteiger partial charge on any atom is -0.393 e. The Labute approximate surface area is 560 Å². The van der Waals surface area contributed by atoms with E-state index < -0.39 is 76.9 Å². The summed E-state index contributed by atoms with van der Waals surface area (Å²) in [4.78, 5) is 95.7. The summed E-state index contributed by atoms with van der Waals surface area (Å²) in [6.07, 6.45) is 1.35. The lowest BCUT2D eigenvalue weighted by molar-refractivity contribution is 0.0618. The van der Waals surface area contributed by atoms with Crippen molar-refractivity contribution in [2.45, 2.75) is 117 Å². The minimum atomic E-state index is -1.13. The molecule has 3 aromatic heterocycles. The highest BCUT2D eigenvalue weighted by atomic mass is 19.1. The van der Waals surface area contributed by atoms with Crippen molar-refractivity contribution in [3.05, 3.63) is 157 Å². The quantitative estimate of drug-likeness (QED) is 0.0590. The maximum atomic E-state index is 14.4. The van der Waals surface area contributed by atoms with Crippen LogP contribution in [0.15, 0.2) is 42.5 Å². The highest BCUT2D eigenvalue weighted by Gasteiger charge is 2.40. The van der Waals surface area contributed by atoms with E-state index in [9.17, 15) is 66.0 Å². The first-order chi connectivity index (χ1) is 46.8. The third-order valence-corrected chi connectivity index (χ3v) is 18.6. The highest BCUT2D eigenvalue weighted by Crippen LogP contribution is 2.35. The van der Waals surface area contributed by atoms with Gasteiger partial charge in [0.15, 0.2) is 11.6 Å². The molecule has 6 N–H and O–H groups in total. The van der Waals surface area contributed by atoms with Crippen molar-refractivity contribution in [3.8, 4) is 0 Å². The number of carbonyl (C=O) groups is 6. The van der Waals surface area contributed by atoms with Gasteiger partial charge in [-0.15, -0.1) is 0 Å². The second-order valence-corrected chi connectivity index (χ2v) is 25.0. The maximum Gasteiger partial charge on any atom is 0.322 e. The zero-order valence-electron chi connectivity index (χ0n) is 54.6. The van der Waals surface area contributed by atoms with Crippen LogP contribution in [0.25, 0.3) is 14.5 Å². The summed E-state index contributed by atoms with van der Waals surface area (Å²) in [5.41, 5.74) is 3.43. The van der Waals surface area contributed by atoms with Gasteiger partial charge in [0.05, 0.1) is 86.1 Å². The molecule has 27 nitrogen and oxygen atoms in total. The number of hydrogen-bond donors (Lipinski definition) is 6. The molecular weight excluding hydrogens is 1280 g/mol. The van der Waals surface area contributed by atoms with Crippen LogP contribution in [0.4, 0.5) is 70.5 Å². The van der Waals surface area contributed by atoms with E-state index in [0.717, 1.165) is 41.6 Å². The van der Waals surface area contributed by atoms with Crippen molar-refractivity contribution in [3.63, 3.8) is 0 Å². The van der Waals surface area contributed by atoms with Crippen molar-refractivity contribution in [1.29, 1.82) is 0 Å². The summed E-state index contributed by atoms with van der Waals surface area (Å²) in [5, 5.41) is 52.4. The van der Waals surface area contributed by atoms with Crippen molar-refractivity contribution in [1.82, 2.24) is 58.7 Å². The normalized spacial score (nSPS) is 18.8. The highest BCUT2D eigenvalue weighted by molar-refractivity contribution is 5.97. The molecule has 9 amide bonds. The molecule has 32 heteroatoms. The Morgan fingerprint density at radius 3 is 1.14 bits per heavy atom. The smallest absolute Gasteiger partial charge is 0.322 e. The molecule has 6 aromatic rings. The number of rotatable bonds is 9. The van der Waals surface area contributed by atoms with Gasteiger partial charge in [0.25, 0.3) is 29.1 Å². The van der Waals surface area contributed by atoms with Gasteiger partial charge in [-0.3, -0.25) is 28.4 Å². The Balaban J connectivity index is 0.000000159. The molecule has 0 saturated heterocycles. The molecule has 9 heterocycles. The lowest BCUT2D eigenvalue weighted by atomic mass is 10.0. The average Bonchev–Trinajstić information content (AvgIpc) is 1.62. The van der Waals surface area contributed by atoms with Gasteiger partial charge >= 0.3 is 18.1 Å². The molecule has 0 aliphatic carbocycles. The van der Waals surface area contributed by atoms with E-state index in [0.29, 0.717) is 143 Å². The number of amides is 9. The summed E-state index contributed by atoms with van der Waals surface area (Å²) in [5.74, 6) is -5.99. The third kappa shape index (κ3) is 14.2. The summed E-state index contributed by atoms with van der Waals surface area (Å²) in [7, 11) is 5.06. The summed E-state index contributed by atoms with van der Waals surface area (Å²) in [6, 6.07) is 6.16. The molecule has 0 spiro atoms. The Morgan fingerprint density at radius 1 is 0.500 bits per heavy atom. The number of aliphatic hydroxyl groups excluding tert-OH is 3. The van der Waals surface area contributed by atoms with E-state index in [-0.39, 0.29) is 72.2 Å². The van der Waals surface area contributed by atoms with Crippen LogP contribution in [0, 0.1) is 66.6 Å². The standard InChI is InChI=1S/2C22H24F2N6O3.C22H25FN6O3/c2*1-4-17(31)12-9-28(3)21(32)20-13-11-29(8-7-15(13)27-30(20)10-12)22(33)26-16-6-5-14(23)19(25-2)18(16)24;1-4-19(30)13-10-27(3)21(31)20-15-12-28(8-7-17(15)26-29(20)11-13)22(32)25-14-5-6-16(23)18(9-14)24-2/h2*5-6,12,17,31H,4,7-11H2,1,3H3,(H,26,33);5-6,9,13,19,30H,4,7-8,10-12H2,1,3H3,(H,25,32)/t2*12-,17+;13-,19-/m101/s1. The number of aliphatic hydroxyl groups is 3. The number of hydrogen-bond acceptors (Lipinski definition) is 12. The van der Waals surface area contributed by atoms with E-state index in [1.807, 2.05) is 20.8 Å². The molecule has 0 bridgehead atoms. The van der Waals surface area contributed by atoms with Gasteiger partial charge in [-0.1, -0.05) is 20.8 Å². The molecule has 0 radical (unpaired) electrons. The van der Waals surface area contributed by atoms with Crippen molar-refractivity contribution in [2.24, 2.45) is 17.8 Å². The maximum absolute atomic E-state index is 14.4. The second kappa shape index (κ2) is 29.5. The Hall–Kier alpha value is -10.5. The van der Waals surface area contributed by atoms with Gasteiger partial charge in [0, 0.05) is 139 Å². The topological polar surface area (TPSA) is 285 Å². The van der Waals surface area contributed by atoms with Crippen LogP contribution in [0.1, 0.15) is 105 Å². The van der Waals surface area contributed by atoms with Gasteiger partial charge in [-0.25, -0.2) is 50.9 Å². The Kier molecular flexibility index (Phi) is 21.1. The minimum absolute atomic E-state index is 0.0928. The molecule has 0 fully saturated rings. The number of fused-ring (bicyclic) bond motifs is 9. The zero-order chi connectivity index (χ0) is 70.7. The van der Waals surface area contributed by atoms with E-state index in [2.05, 4.69) is 45.8 Å². The molecule has 6 atom stereocenters. The van der Waals surface area contributed by atoms with Crippen LogP contribution in [-0.2, 0) is 58.5 Å². The average molecular weight is 1360 g/mol. The lowest BCUT2D eigenvalue weighted by Crippen LogP contribution is -2.40. The first-order valence-corrected chi connectivity index (χ1v) is 31.9. The molecular formula is C66H73F5N18O9. The predicted octanol–water partition coefficient (Wildman–Crippen LogP) is 8.19. The fraction of sp³-hybridized carbons (Fsp3) is 0.455. The van der Waals surface area contributed by atoms with Crippen LogP contribution in [0.3, 0.4) is 0 Å².